The predicted molar refractivity (Wildman–Crippen MR) is 184 cm³/mol. The van der Waals surface area contributed by atoms with Gasteiger partial charge in [0.25, 0.3) is 11.8 Å². The van der Waals surface area contributed by atoms with E-state index in [-0.39, 0.29) is 5.02 Å². The van der Waals surface area contributed by atoms with Crippen molar-refractivity contribution in [3.63, 3.8) is 0 Å². The summed E-state index contributed by atoms with van der Waals surface area (Å²) in [4.78, 5) is 26.3. The molecule has 0 radical (unpaired) electrons. The van der Waals surface area contributed by atoms with E-state index in [1.165, 1.54) is 12.1 Å². The Bertz CT molecular complexity index is 2190. The Balaban J connectivity index is 0.000000178. The van der Waals surface area contributed by atoms with Crippen molar-refractivity contribution in [3.8, 4) is 22.3 Å². The number of amides is 2. The summed E-state index contributed by atoms with van der Waals surface area (Å²) in [5.41, 5.74) is 17.6. The second kappa shape index (κ2) is 12.6. The quantitative estimate of drug-likeness (QED) is 0.170. The van der Waals surface area contributed by atoms with Crippen LogP contribution in [0.2, 0.25) is 25.1 Å². The second-order valence-electron chi connectivity index (χ2n) is 10.4. The van der Waals surface area contributed by atoms with Crippen LogP contribution in [0, 0.1) is 19.7 Å². The Labute approximate surface area is 282 Å². The van der Waals surface area contributed by atoms with E-state index < -0.39 is 17.6 Å². The van der Waals surface area contributed by atoms with E-state index in [2.05, 4.69) is 4.98 Å². The molecule has 45 heavy (non-hydrogen) atoms. The van der Waals surface area contributed by atoms with Crippen molar-refractivity contribution in [2.45, 2.75) is 13.8 Å². The van der Waals surface area contributed by atoms with Crippen LogP contribution in [-0.2, 0) is 7.05 Å². The number of fused-ring (bicyclic) bond motifs is 2. The van der Waals surface area contributed by atoms with Gasteiger partial charge in [0.15, 0.2) is 0 Å². The fraction of sp³-hybridized carbons (Fsp3) is 0.0909. The highest BCUT2D eigenvalue weighted by atomic mass is 35.5. The van der Waals surface area contributed by atoms with Crippen LogP contribution in [0.25, 0.3) is 44.1 Å². The van der Waals surface area contributed by atoms with Gasteiger partial charge in [-0.2, -0.15) is 0 Å². The topological polar surface area (TPSA) is 107 Å². The first-order chi connectivity index (χ1) is 21.2. The van der Waals surface area contributed by atoms with E-state index in [0.29, 0.717) is 53.7 Å². The average Bonchev–Trinajstić information content (AvgIpc) is 3.42. The minimum atomic E-state index is -0.557. The number of hydrogen-bond donors (Lipinski definition) is 3. The molecule has 0 saturated heterocycles. The molecule has 0 spiro atoms. The number of carbonyl (C=O) groups excluding carboxylic acids is 2. The maximum Gasteiger partial charge on any atom is 0.265 e. The molecule has 0 unspecified atom stereocenters. The van der Waals surface area contributed by atoms with Crippen LogP contribution < -0.4 is 11.5 Å². The second-order valence-corrected chi connectivity index (χ2v) is 12.5. The molecule has 2 amide bonds. The molecule has 12 heteroatoms. The molecule has 0 fully saturated rings. The molecule has 6 aromatic rings. The lowest BCUT2D eigenvalue weighted by atomic mass is 10.0. The smallest absolute Gasteiger partial charge is 0.265 e. The Hall–Kier alpha value is -3.72. The maximum atomic E-state index is 13.7. The van der Waals surface area contributed by atoms with Crippen molar-refractivity contribution in [1.29, 1.82) is 0 Å². The van der Waals surface area contributed by atoms with Crippen LogP contribution in [0.4, 0.5) is 4.39 Å². The van der Waals surface area contributed by atoms with E-state index >= 15 is 0 Å². The van der Waals surface area contributed by atoms with Crippen molar-refractivity contribution in [1.82, 2.24) is 9.55 Å². The van der Waals surface area contributed by atoms with E-state index in [1.807, 2.05) is 25.1 Å². The molecular formula is C33H24Cl5FN4O2. The highest BCUT2D eigenvalue weighted by Gasteiger charge is 2.21. The van der Waals surface area contributed by atoms with Crippen molar-refractivity contribution in [2.75, 3.05) is 0 Å². The Morgan fingerprint density at radius 1 is 0.711 bits per heavy atom. The lowest BCUT2D eigenvalue weighted by molar-refractivity contribution is 0.0985. The number of aromatic nitrogens is 2. The number of H-pyrrole nitrogens is 1. The molecule has 230 valence electrons. The number of hydrogen-bond acceptors (Lipinski definition) is 2. The normalized spacial score (nSPS) is 11.1. The van der Waals surface area contributed by atoms with Gasteiger partial charge in [0, 0.05) is 54.6 Å². The minimum Gasteiger partial charge on any atom is -0.364 e. The van der Waals surface area contributed by atoms with Gasteiger partial charge in [-0.05, 0) is 79.1 Å². The molecule has 0 aliphatic carbocycles. The number of carbonyl (C=O) groups is 2. The van der Waals surface area contributed by atoms with Gasteiger partial charge >= 0.3 is 0 Å². The number of nitrogens with zero attached hydrogens (tertiary/aromatic N) is 1. The summed E-state index contributed by atoms with van der Waals surface area (Å²) < 4.78 is 15.5. The number of halogens is 6. The zero-order chi connectivity index (χ0) is 32.9. The first-order valence-electron chi connectivity index (χ1n) is 13.3. The summed E-state index contributed by atoms with van der Waals surface area (Å²) in [6.45, 7) is 3.63. The number of primary amides is 2. The predicted octanol–water partition coefficient (Wildman–Crippen LogP) is 9.90. The number of rotatable bonds is 4. The third-order valence-electron chi connectivity index (χ3n) is 7.57. The third kappa shape index (κ3) is 6.11. The first-order valence-corrected chi connectivity index (χ1v) is 15.2. The highest BCUT2D eigenvalue weighted by molar-refractivity contribution is 6.37. The largest absolute Gasteiger partial charge is 0.364 e. The monoisotopic (exact) mass is 702 g/mol. The van der Waals surface area contributed by atoms with Crippen LogP contribution in [0.1, 0.15) is 32.1 Å². The van der Waals surface area contributed by atoms with Gasteiger partial charge in [-0.25, -0.2) is 4.39 Å². The summed E-state index contributed by atoms with van der Waals surface area (Å²) in [6.07, 6.45) is 0. The van der Waals surface area contributed by atoms with Crippen LogP contribution in [-0.4, -0.2) is 21.4 Å². The number of nitrogens with one attached hydrogen (secondary N) is 1. The molecule has 2 heterocycles. The molecule has 0 saturated carbocycles. The molecule has 4 aromatic carbocycles. The zero-order valence-corrected chi connectivity index (χ0v) is 27.7. The minimum absolute atomic E-state index is 0.0440. The zero-order valence-electron chi connectivity index (χ0n) is 24.0. The van der Waals surface area contributed by atoms with Crippen LogP contribution >= 0.6 is 58.0 Å². The fourth-order valence-corrected chi connectivity index (χ4v) is 6.59. The highest BCUT2D eigenvalue weighted by Crippen LogP contribution is 2.40. The number of benzene rings is 4. The van der Waals surface area contributed by atoms with Crippen molar-refractivity contribution < 1.29 is 14.0 Å². The number of aromatic amines is 1. The Morgan fingerprint density at radius 2 is 1.36 bits per heavy atom. The van der Waals surface area contributed by atoms with Gasteiger partial charge in [-0.3, -0.25) is 9.59 Å². The van der Waals surface area contributed by atoms with Crippen molar-refractivity contribution in [2.24, 2.45) is 18.5 Å². The Morgan fingerprint density at radius 3 is 1.96 bits per heavy atom. The first kappa shape index (κ1) is 32.7. The van der Waals surface area contributed by atoms with E-state index in [1.54, 1.807) is 48.9 Å². The van der Waals surface area contributed by atoms with Crippen LogP contribution in [0.15, 0.2) is 60.7 Å². The van der Waals surface area contributed by atoms with Gasteiger partial charge in [0.1, 0.15) is 17.2 Å². The fourth-order valence-electron chi connectivity index (χ4n) is 5.53. The molecule has 0 bridgehead atoms. The molecule has 5 N–H and O–H groups in total. The van der Waals surface area contributed by atoms with Crippen molar-refractivity contribution >= 4 is 91.6 Å². The van der Waals surface area contributed by atoms with Gasteiger partial charge in [-0.15, -0.1) is 0 Å². The van der Waals surface area contributed by atoms with Crippen LogP contribution in [0.5, 0.6) is 0 Å². The summed E-state index contributed by atoms with van der Waals surface area (Å²) >= 11 is 30.5. The van der Waals surface area contributed by atoms with Crippen molar-refractivity contribution in [3.05, 3.63) is 114 Å². The number of nitrogens with two attached hydrogens (primary N) is 2. The maximum absolute atomic E-state index is 13.7. The summed E-state index contributed by atoms with van der Waals surface area (Å²) in [6, 6.07) is 16.9. The molecule has 2 aromatic heterocycles. The molecule has 6 rings (SSSR count). The standard InChI is InChI=1S/C17H13Cl3N2O.C16H11Cl2FN2O/c1-8-12-5-10(19)6-13(11-4-3-9(18)7-14(11)20)16(12)22(2)15(8)17(21)23;1-7-10-5-9(17)6-11(15(10)21-14(7)16(20)22)8-2-3-12(18)13(19)4-8/h3-7H,1-2H3,(H2,21,23);2-6,21H,1H3,(H2,20,22). The van der Waals surface area contributed by atoms with E-state index in [0.717, 1.165) is 33.0 Å². The van der Waals surface area contributed by atoms with Gasteiger partial charge in [0.2, 0.25) is 0 Å². The van der Waals surface area contributed by atoms with E-state index in [9.17, 15) is 14.0 Å². The van der Waals surface area contributed by atoms with Crippen LogP contribution in [0.3, 0.4) is 0 Å². The summed E-state index contributed by atoms with van der Waals surface area (Å²) in [5.74, 6) is -1.56. The molecule has 6 nitrogen and oxygen atoms in total. The molecule has 0 atom stereocenters. The summed E-state index contributed by atoms with van der Waals surface area (Å²) in [5, 5.41) is 3.79. The molecule has 0 aliphatic rings. The lowest BCUT2D eigenvalue weighted by Crippen LogP contribution is -2.16. The van der Waals surface area contributed by atoms with Gasteiger partial charge in [0.05, 0.1) is 16.1 Å². The molecular weight excluding hydrogens is 681 g/mol. The molecule has 0 aliphatic heterocycles. The van der Waals surface area contributed by atoms with E-state index in [4.69, 9.17) is 69.5 Å². The summed E-state index contributed by atoms with van der Waals surface area (Å²) in [7, 11) is 1.80. The van der Waals surface area contributed by atoms with Gasteiger partial charge < -0.3 is 21.0 Å². The average molecular weight is 705 g/mol. The third-order valence-corrected chi connectivity index (χ3v) is 8.86. The number of aryl methyl sites for hydroxylation is 3. The lowest BCUT2D eigenvalue weighted by Gasteiger charge is -2.10. The van der Waals surface area contributed by atoms with Gasteiger partial charge in [-0.1, -0.05) is 70.1 Å². The Kier molecular flexibility index (Phi) is 9.13. The SMILES string of the molecule is Cc1c(C(N)=O)[nH]c2c(-c3ccc(Cl)c(F)c3)cc(Cl)cc12.Cc1c(C(N)=O)n(C)c2c(-c3ccc(Cl)cc3Cl)cc(Cl)cc12.